The molecule has 2 unspecified atom stereocenters. The van der Waals surface area contributed by atoms with E-state index < -0.39 is 29.3 Å². The second-order valence-corrected chi connectivity index (χ2v) is 6.22. The second-order valence-electron chi connectivity index (χ2n) is 6.22. The first-order chi connectivity index (χ1) is 9.23. The van der Waals surface area contributed by atoms with Crippen molar-refractivity contribution in [3.63, 3.8) is 0 Å². The quantitative estimate of drug-likeness (QED) is 0.861. The van der Waals surface area contributed by atoms with E-state index in [-0.39, 0.29) is 11.5 Å². The van der Waals surface area contributed by atoms with Gasteiger partial charge in [-0.15, -0.1) is 0 Å². The smallest absolute Gasteiger partial charge is 0.223 e. The van der Waals surface area contributed by atoms with E-state index in [0.717, 1.165) is 0 Å². The molecule has 0 aromatic heterocycles. The van der Waals surface area contributed by atoms with Crippen LogP contribution in [0.1, 0.15) is 45.2 Å². The van der Waals surface area contributed by atoms with Crippen molar-refractivity contribution in [1.82, 2.24) is 4.90 Å². The van der Waals surface area contributed by atoms with E-state index in [4.69, 9.17) is 5.73 Å². The number of likely N-dealkylation sites (tertiary alicyclic amines) is 1. The van der Waals surface area contributed by atoms with Crippen molar-refractivity contribution in [2.24, 2.45) is 5.73 Å². The lowest BCUT2D eigenvalue weighted by Gasteiger charge is -2.47. The van der Waals surface area contributed by atoms with E-state index in [2.05, 4.69) is 0 Å². The molecule has 1 aromatic rings. The van der Waals surface area contributed by atoms with Crippen molar-refractivity contribution in [1.29, 1.82) is 0 Å². The zero-order valence-corrected chi connectivity index (χ0v) is 12.0. The zero-order valence-electron chi connectivity index (χ0n) is 12.0. The average molecular weight is 282 g/mol. The van der Waals surface area contributed by atoms with Crippen LogP contribution in [0.4, 0.5) is 8.78 Å². The predicted molar refractivity (Wildman–Crippen MR) is 72.9 cm³/mol. The summed E-state index contributed by atoms with van der Waals surface area (Å²) in [6.45, 7) is 5.53. The van der Waals surface area contributed by atoms with Crippen LogP contribution >= 0.6 is 0 Å². The molecule has 0 bridgehead atoms. The van der Waals surface area contributed by atoms with E-state index in [1.54, 1.807) is 0 Å². The number of amides is 1. The SMILES string of the molecule is CC(C)(C)N1C(=O)CCC(N)C1c1c(F)cccc1F. The number of benzene rings is 1. The van der Waals surface area contributed by atoms with Crippen LogP contribution in [0, 0.1) is 11.6 Å². The molecular formula is C15H20F2N2O. The fourth-order valence-electron chi connectivity index (χ4n) is 2.84. The minimum Gasteiger partial charge on any atom is -0.329 e. The first-order valence-corrected chi connectivity index (χ1v) is 6.75. The van der Waals surface area contributed by atoms with Gasteiger partial charge in [0.25, 0.3) is 0 Å². The predicted octanol–water partition coefficient (Wildman–Crippen LogP) is 2.75. The Morgan fingerprint density at radius 3 is 2.30 bits per heavy atom. The zero-order chi connectivity index (χ0) is 15.1. The summed E-state index contributed by atoms with van der Waals surface area (Å²) in [6, 6.07) is 2.47. The molecule has 2 rings (SSSR count). The van der Waals surface area contributed by atoms with Crippen LogP contribution in [0.5, 0.6) is 0 Å². The first-order valence-electron chi connectivity index (χ1n) is 6.75. The van der Waals surface area contributed by atoms with Gasteiger partial charge in [0.15, 0.2) is 0 Å². The summed E-state index contributed by atoms with van der Waals surface area (Å²) in [7, 11) is 0. The number of hydrogen-bond acceptors (Lipinski definition) is 2. The average Bonchev–Trinajstić information content (AvgIpc) is 2.31. The third-order valence-corrected chi connectivity index (χ3v) is 3.66. The number of hydrogen-bond donors (Lipinski definition) is 1. The van der Waals surface area contributed by atoms with Crippen LogP contribution in [0.2, 0.25) is 0 Å². The number of halogens is 2. The lowest BCUT2D eigenvalue weighted by Crippen LogP contribution is -2.56. The van der Waals surface area contributed by atoms with Crippen LogP contribution in [-0.4, -0.2) is 22.4 Å². The molecular weight excluding hydrogens is 262 g/mol. The Hall–Kier alpha value is -1.49. The Morgan fingerprint density at radius 1 is 1.25 bits per heavy atom. The van der Waals surface area contributed by atoms with Gasteiger partial charge in [-0.3, -0.25) is 4.79 Å². The van der Waals surface area contributed by atoms with E-state index in [1.165, 1.54) is 23.1 Å². The largest absolute Gasteiger partial charge is 0.329 e. The van der Waals surface area contributed by atoms with Gasteiger partial charge in [0.05, 0.1) is 6.04 Å². The van der Waals surface area contributed by atoms with Crippen molar-refractivity contribution < 1.29 is 13.6 Å². The van der Waals surface area contributed by atoms with Gasteiger partial charge >= 0.3 is 0 Å². The van der Waals surface area contributed by atoms with Crippen LogP contribution < -0.4 is 5.73 Å². The van der Waals surface area contributed by atoms with Gasteiger partial charge < -0.3 is 10.6 Å². The van der Waals surface area contributed by atoms with Crippen LogP contribution in [-0.2, 0) is 4.79 Å². The van der Waals surface area contributed by atoms with E-state index in [9.17, 15) is 13.6 Å². The minimum absolute atomic E-state index is 0.108. The van der Waals surface area contributed by atoms with Crippen LogP contribution in [0.25, 0.3) is 0 Å². The number of rotatable bonds is 1. The molecule has 1 aromatic carbocycles. The fourth-order valence-corrected chi connectivity index (χ4v) is 2.84. The Morgan fingerprint density at radius 2 is 1.80 bits per heavy atom. The summed E-state index contributed by atoms with van der Waals surface area (Å²) < 4.78 is 28.1. The third kappa shape index (κ3) is 2.54. The van der Waals surface area contributed by atoms with Gasteiger partial charge in [0.2, 0.25) is 5.91 Å². The summed E-state index contributed by atoms with van der Waals surface area (Å²) in [5, 5.41) is 0. The summed E-state index contributed by atoms with van der Waals surface area (Å²) in [6.07, 6.45) is 0.745. The van der Waals surface area contributed by atoms with Crippen molar-refractivity contribution in [2.75, 3.05) is 0 Å². The molecule has 2 atom stereocenters. The Kier molecular flexibility index (Phi) is 3.82. The molecule has 0 spiro atoms. The molecule has 3 nitrogen and oxygen atoms in total. The van der Waals surface area contributed by atoms with Crippen LogP contribution in [0.15, 0.2) is 18.2 Å². The van der Waals surface area contributed by atoms with Gasteiger partial charge in [0.1, 0.15) is 11.6 Å². The number of piperidine rings is 1. The normalized spacial score (nSPS) is 24.1. The highest BCUT2D eigenvalue weighted by Crippen LogP contribution is 2.38. The van der Waals surface area contributed by atoms with Gasteiger partial charge in [0, 0.05) is 23.6 Å². The number of nitrogens with zero attached hydrogens (tertiary/aromatic N) is 1. The van der Waals surface area contributed by atoms with Gasteiger partial charge in [-0.1, -0.05) is 6.07 Å². The maximum absolute atomic E-state index is 14.1. The van der Waals surface area contributed by atoms with Gasteiger partial charge in [-0.25, -0.2) is 8.78 Å². The molecule has 2 N–H and O–H groups in total. The molecule has 5 heteroatoms. The first kappa shape index (κ1) is 14.9. The summed E-state index contributed by atoms with van der Waals surface area (Å²) in [5.41, 5.74) is 5.42. The molecule has 1 amide bonds. The Bertz CT molecular complexity index is 505. The molecule has 1 saturated heterocycles. The van der Waals surface area contributed by atoms with Crippen LogP contribution in [0.3, 0.4) is 0 Å². The lowest BCUT2D eigenvalue weighted by molar-refractivity contribution is -0.144. The second kappa shape index (κ2) is 5.13. The standard InChI is InChI=1S/C15H20F2N2O/c1-15(2,3)19-12(20)8-7-11(18)14(19)13-9(16)5-4-6-10(13)17/h4-6,11,14H,7-8,18H2,1-3H3. The summed E-state index contributed by atoms with van der Waals surface area (Å²) in [5.74, 6) is -1.43. The van der Waals surface area contributed by atoms with Crippen molar-refractivity contribution in [2.45, 2.75) is 51.2 Å². The molecule has 1 aliphatic heterocycles. The highest BCUT2D eigenvalue weighted by molar-refractivity contribution is 5.78. The third-order valence-electron chi connectivity index (χ3n) is 3.66. The van der Waals surface area contributed by atoms with E-state index in [0.29, 0.717) is 12.8 Å². The van der Waals surface area contributed by atoms with E-state index in [1.807, 2.05) is 20.8 Å². The summed E-state index contributed by atoms with van der Waals surface area (Å²) >= 11 is 0. The minimum atomic E-state index is -0.766. The molecule has 110 valence electrons. The fraction of sp³-hybridized carbons (Fsp3) is 0.533. The van der Waals surface area contributed by atoms with Gasteiger partial charge in [-0.05, 0) is 39.3 Å². The number of nitrogens with two attached hydrogens (primary N) is 1. The van der Waals surface area contributed by atoms with E-state index >= 15 is 0 Å². The highest BCUT2D eigenvalue weighted by Gasteiger charge is 2.42. The molecule has 1 aliphatic rings. The maximum atomic E-state index is 14.1. The van der Waals surface area contributed by atoms with Crippen molar-refractivity contribution in [3.8, 4) is 0 Å². The molecule has 20 heavy (non-hydrogen) atoms. The molecule has 1 heterocycles. The lowest BCUT2D eigenvalue weighted by atomic mass is 9.86. The monoisotopic (exact) mass is 282 g/mol. The number of carbonyl (C=O) groups is 1. The molecule has 1 fully saturated rings. The molecule has 0 saturated carbocycles. The topological polar surface area (TPSA) is 46.3 Å². The highest BCUT2D eigenvalue weighted by atomic mass is 19.1. The molecule has 0 aliphatic carbocycles. The van der Waals surface area contributed by atoms with Crippen molar-refractivity contribution in [3.05, 3.63) is 35.4 Å². The Labute approximate surface area is 117 Å². The van der Waals surface area contributed by atoms with Crippen molar-refractivity contribution >= 4 is 5.91 Å². The molecule has 0 radical (unpaired) electrons. The maximum Gasteiger partial charge on any atom is 0.223 e. The number of carbonyl (C=O) groups excluding carboxylic acids is 1. The van der Waals surface area contributed by atoms with Gasteiger partial charge in [-0.2, -0.15) is 0 Å². The summed E-state index contributed by atoms with van der Waals surface area (Å²) in [4.78, 5) is 13.7. The Balaban J connectivity index is 2.57.